The van der Waals surface area contributed by atoms with E-state index in [1.165, 1.54) is 12.3 Å². The highest BCUT2D eigenvalue weighted by Crippen LogP contribution is 2.30. The third-order valence-electron chi connectivity index (χ3n) is 5.54. The molecule has 1 aliphatic heterocycles. The second kappa shape index (κ2) is 10.7. The minimum absolute atomic E-state index is 0.338. The Morgan fingerprint density at radius 2 is 1.79 bits per heavy atom. The van der Waals surface area contributed by atoms with Crippen molar-refractivity contribution in [1.29, 1.82) is 0 Å². The topological polar surface area (TPSA) is 56.3 Å². The summed E-state index contributed by atoms with van der Waals surface area (Å²) in [5.74, 6) is 0.446. The highest BCUT2D eigenvalue weighted by atomic mass is 35.5. The fourth-order valence-electron chi connectivity index (χ4n) is 3.62. The summed E-state index contributed by atoms with van der Waals surface area (Å²) >= 11 is 18.9. The molecule has 0 atom stereocenters. The van der Waals surface area contributed by atoms with Gasteiger partial charge >= 0.3 is 0 Å². The van der Waals surface area contributed by atoms with Crippen molar-refractivity contribution in [2.24, 2.45) is 0 Å². The maximum absolute atomic E-state index is 14.0. The zero-order valence-electron chi connectivity index (χ0n) is 18.1. The standard InChI is InChI=1S/C23H24Cl3FN6/c1-32-9-11-33(12-10-32)15-5-6-21(18(25)13-15)30-23-29-14-19(26)22(31-23)28-8-7-16-17(24)3-2-4-20(16)27/h2-6,13-14H,7-12H2,1H3,(H2,28,29,30,31). The second-order valence-electron chi connectivity index (χ2n) is 7.85. The average Bonchev–Trinajstić information content (AvgIpc) is 2.79. The van der Waals surface area contributed by atoms with Crippen molar-refractivity contribution in [3.63, 3.8) is 0 Å². The molecule has 4 rings (SSSR count). The molecule has 0 spiro atoms. The Morgan fingerprint density at radius 3 is 2.52 bits per heavy atom. The maximum Gasteiger partial charge on any atom is 0.229 e. The van der Waals surface area contributed by atoms with E-state index >= 15 is 0 Å². The lowest BCUT2D eigenvalue weighted by Crippen LogP contribution is -2.44. The Balaban J connectivity index is 1.41. The third kappa shape index (κ3) is 5.98. The van der Waals surface area contributed by atoms with E-state index in [-0.39, 0.29) is 5.82 Å². The van der Waals surface area contributed by atoms with Crippen LogP contribution in [-0.4, -0.2) is 54.6 Å². The van der Waals surface area contributed by atoms with Crippen LogP contribution < -0.4 is 15.5 Å². The predicted octanol–water partition coefficient (Wildman–Crippen LogP) is 5.73. The van der Waals surface area contributed by atoms with Crippen molar-refractivity contribution >= 4 is 57.9 Å². The molecule has 1 saturated heterocycles. The second-order valence-corrected chi connectivity index (χ2v) is 9.07. The normalized spacial score (nSPS) is 14.4. The van der Waals surface area contributed by atoms with Crippen LogP contribution in [0.25, 0.3) is 0 Å². The minimum atomic E-state index is -0.338. The van der Waals surface area contributed by atoms with Gasteiger partial charge in [0.25, 0.3) is 0 Å². The summed E-state index contributed by atoms with van der Waals surface area (Å²) in [6, 6.07) is 10.5. The van der Waals surface area contributed by atoms with Gasteiger partial charge in [-0.1, -0.05) is 40.9 Å². The highest BCUT2D eigenvalue weighted by molar-refractivity contribution is 6.34. The van der Waals surface area contributed by atoms with Crippen molar-refractivity contribution in [1.82, 2.24) is 14.9 Å². The van der Waals surface area contributed by atoms with Gasteiger partial charge in [0.1, 0.15) is 10.8 Å². The molecule has 10 heteroatoms. The average molecular weight is 510 g/mol. The van der Waals surface area contributed by atoms with E-state index in [0.29, 0.717) is 51.1 Å². The van der Waals surface area contributed by atoms with E-state index in [1.54, 1.807) is 12.1 Å². The molecule has 2 heterocycles. The van der Waals surface area contributed by atoms with Crippen LogP contribution in [0.5, 0.6) is 0 Å². The lowest BCUT2D eigenvalue weighted by Gasteiger charge is -2.34. The zero-order chi connectivity index (χ0) is 23.4. The van der Waals surface area contributed by atoms with Crippen LogP contribution in [0.3, 0.4) is 0 Å². The number of nitrogens with zero attached hydrogens (tertiary/aromatic N) is 4. The number of hydrogen-bond donors (Lipinski definition) is 2. The van der Waals surface area contributed by atoms with E-state index in [4.69, 9.17) is 34.8 Å². The molecule has 2 aromatic carbocycles. The number of benzene rings is 2. The molecular weight excluding hydrogens is 486 g/mol. The van der Waals surface area contributed by atoms with Gasteiger partial charge in [-0.25, -0.2) is 9.37 Å². The predicted molar refractivity (Wildman–Crippen MR) is 135 cm³/mol. The Morgan fingerprint density at radius 1 is 1.00 bits per heavy atom. The smallest absolute Gasteiger partial charge is 0.229 e. The molecule has 1 aromatic heterocycles. The number of halogens is 4. The molecule has 0 saturated carbocycles. The fourth-order valence-corrected chi connectivity index (χ4v) is 4.25. The van der Waals surface area contributed by atoms with Gasteiger partial charge in [-0.3, -0.25) is 0 Å². The van der Waals surface area contributed by atoms with Crippen LogP contribution >= 0.6 is 34.8 Å². The Labute approximate surface area is 207 Å². The molecule has 0 aliphatic carbocycles. The van der Waals surface area contributed by atoms with Crippen molar-refractivity contribution in [3.05, 3.63) is 69.0 Å². The van der Waals surface area contributed by atoms with E-state index in [1.807, 2.05) is 18.2 Å². The molecule has 0 radical (unpaired) electrons. The van der Waals surface area contributed by atoms with Crippen LogP contribution in [0.1, 0.15) is 5.56 Å². The monoisotopic (exact) mass is 508 g/mol. The number of hydrogen-bond acceptors (Lipinski definition) is 6. The van der Waals surface area contributed by atoms with Crippen LogP contribution in [-0.2, 0) is 6.42 Å². The molecule has 3 aromatic rings. The number of aromatic nitrogens is 2. The largest absolute Gasteiger partial charge is 0.369 e. The van der Waals surface area contributed by atoms with Gasteiger partial charge in [-0.05, 0) is 43.8 Å². The first-order valence-electron chi connectivity index (χ1n) is 10.6. The maximum atomic E-state index is 14.0. The SMILES string of the molecule is CN1CCN(c2ccc(Nc3ncc(Cl)c(NCCc4c(F)cccc4Cl)n3)c(Cl)c2)CC1. The summed E-state index contributed by atoms with van der Waals surface area (Å²) in [6.45, 7) is 4.38. The summed E-state index contributed by atoms with van der Waals surface area (Å²) < 4.78 is 14.0. The Kier molecular flexibility index (Phi) is 7.75. The van der Waals surface area contributed by atoms with E-state index < -0.39 is 0 Å². The molecule has 1 aliphatic rings. The summed E-state index contributed by atoms with van der Waals surface area (Å²) in [5, 5.41) is 7.59. The summed E-state index contributed by atoms with van der Waals surface area (Å²) in [4.78, 5) is 13.3. The number of nitrogens with one attached hydrogen (secondary N) is 2. The number of likely N-dealkylation sites (N-methyl/N-ethyl adjacent to an activating group) is 1. The van der Waals surface area contributed by atoms with Gasteiger partial charge in [0.2, 0.25) is 5.95 Å². The minimum Gasteiger partial charge on any atom is -0.369 e. The van der Waals surface area contributed by atoms with E-state index in [2.05, 4.69) is 37.4 Å². The van der Waals surface area contributed by atoms with Crippen LogP contribution in [0.4, 0.5) is 27.5 Å². The highest BCUT2D eigenvalue weighted by Gasteiger charge is 2.16. The molecule has 0 bridgehead atoms. The lowest BCUT2D eigenvalue weighted by molar-refractivity contribution is 0.313. The first-order chi connectivity index (χ1) is 15.9. The van der Waals surface area contributed by atoms with Crippen molar-refractivity contribution in [3.8, 4) is 0 Å². The van der Waals surface area contributed by atoms with Crippen LogP contribution in [0.15, 0.2) is 42.6 Å². The van der Waals surface area contributed by atoms with Crippen molar-refractivity contribution < 1.29 is 4.39 Å². The van der Waals surface area contributed by atoms with E-state index in [9.17, 15) is 4.39 Å². The number of anilines is 4. The Bertz CT molecular complexity index is 1100. The number of piperazine rings is 1. The molecule has 0 unspecified atom stereocenters. The van der Waals surface area contributed by atoms with Crippen LogP contribution in [0, 0.1) is 5.82 Å². The van der Waals surface area contributed by atoms with E-state index in [0.717, 1.165) is 31.9 Å². The fraction of sp³-hybridized carbons (Fsp3) is 0.304. The third-order valence-corrected chi connectivity index (χ3v) is 6.48. The molecule has 2 N–H and O–H groups in total. The number of rotatable bonds is 7. The summed E-state index contributed by atoms with van der Waals surface area (Å²) in [6.07, 6.45) is 1.88. The lowest BCUT2D eigenvalue weighted by atomic mass is 10.1. The zero-order valence-corrected chi connectivity index (χ0v) is 20.4. The van der Waals surface area contributed by atoms with Gasteiger partial charge in [-0.2, -0.15) is 4.98 Å². The van der Waals surface area contributed by atoms with Gasteiger partial charge in [0.15, 0.2) is 5.82 Å². The molecule has 0 amide bonds. The van der Waals surface area contributed by atoms with Crippen molar-refractivity contribution in [2.75, 3.05) is 55.3 Å². The van der Waals surface area contributed by atoms with Gasteiger partial charge in [0, 0.05) is 49.0 Å². The van der Waals surface area contributed by atoms with Gasteiger partial charge in [-0.15, -0.1) is 0 Å². The first kappa shape index (κ1) is 23.8. The van der Waals surface area contributed by atoms with Gasteiger partial charge in [0.05, 0.1) is 16.9 Å². The molecule has 174 valence electrons. The Hall–Kier alpha value is -2.32. The molecule has 6 nitrogen and oxygen atoms in total. The quantitative estimate of drug-likeness (QED) is 0.424. The summed E-state index contributed by atoms with van der Waals surface area (Å²) in [5.41, 5.74) is 2.23. The molecule has 1 fully saturated rings. The van der Waals surface area contributed by atoms with Crippen LogP contribution in [0.2, 0.25) is 15.1 Å². The summed E-state index contributed by atoms with van der Waals surface area (Å²) in [7, 11) is 2.13. The first-order valence-corrected chi connectivity index (χ1v) is 11.7. The molecular formula is C23H24Cl3FN6. The van der Waals surface area contributed by atoms with Gasteiger partial charge < -0.3 is 20.4 Å². The van der Waals surface area contributed by atoms with Crippen molar-refractivity contribution in [2.45, 2.75) is 6.42 Å². The molecule has 33 heavy (non-hydrogen) atoms.